The Kier molecular flexibility index (Phi) is 5.33. The number of hydrogen-bond acceptors (Lipinski definition) is 2. The number of carbonyl (C=O) groups is 1. The molecular weight excluding hydrogens is 334 g/mol. The minimum Gasteiger partial charge on any atom is -0.497 e. The number of methoxy groups -OCH3 is 1. The van der Waals surface area contributed by atoms with E-state index in [-0.39, 0.29) is 5.91 Å². The van der Waals surface area contributed by atoms with Crippen molar-refractivity contribution in [2.45, 2.75) is 37.6 Å². The normalized spacial score (nSPS) is 15.8. The molecule has 0 unspecified atom stereocenters. The summed E-state index contributed by atoms with van der Waals surface area (Å²) < 4.78 is 5.20. The maximum Gasteiger partial charge on any atom is 0.233 e. The van der Waals surface area contributed by atoms with Gasteiger partial charge in [0.25, 0.3) is 0 Å². The van der Waals surface area contributed by atoms with Crippen LogP contribution < -0.4 is 4.74 Å². The lowest BCUT2D eigenvalue weighted by molar-refractivity contribution is -0.136. The van der Waals surface area contributed by atoms with Gasteiger partial charge in [-0.1, -0.05) is 48.7 Å². The predicted molar refractivity (Wildman–Crippen MR) is 101 cm³/mol. The third kappa shape index (κ3) is 3.67. The third-order valence-electron chi connectivity index (χ3n) is 5.19. The number of carbonyl (C=O) groups excluding carboxylic acids is 1. The second kappa shape index (κ2) is 7.49. The smallest absolute Gasteiger partial charge is 0.233 e. The quantitative estimate of drug-likeness (QED) is 0.767. The van der Waals surface area contributed by atoms with Crippen molar-refractivity contribution in [2.24, 2.45) is 0 Å². The molecular formula is C21H24ClNO2. The molecule has 0 aromatic heterocycles. The number of rotatable bonds is 5. The van der Waals surface area contributed by atoms with E-state index >= 15 is 0 Å². The average molecular weight is 358 g/mol. The summed E-state index contributed by atoms with van der Waals surface area (Å²) in [7, 11) is 3.54. The molecule has 1 fully saturated rings. The molecule has 0 bridgehead atoms. The summed E-state index contributed by atoms with van der Waals surface area (Å²) in [6.07, 6.45) is 3.98. The molecule has 25 heavy (non-hydrogen) atoms. The molecule has 0 saturated heterocycles. The third-order valence-corrected chi connectivity index (χ3v) is 5.44. The summed E-state index contributed by atoms with van der Waals surface area (Å²) in [4.78, 5) is 15.2. The van der Waals surface area contributed by atoms with E-state index in [9.17, 15) is 4.79 Å². The standard InChI is InChI=1S/C21H24ClNO2/c1-23(15-16-5-11-19(25-2)12-6-16)20(24)21(13-3-4-14-21)17-7-9-18(22)10-8-17/h5-12H,3-4,13-15H2,1-2H3. The van der Waals surface area contributed by atoms with Gasteiger partial charge in [0.1, 0.15) is 5.75 Å². The lowest BCUT2D eigenvalue weighted by Crippen LogP contribution is -2.43. The highest BCUT2D eigenvalue weighted by Gasteiger charge is 2.44. The molecule has 4 heteroatoms. The number of benzene rings is 2. The van der Waals surface area contributed by atoms with Crippen LogP contribution in [-0.2, 0) is 16.8 Å². The van der Waals surface area contributed by atoms with Crippen molar-refractivity contribution >= 4 is 17.5 Å². The van der Waals surface area contributed by atoms with Crippen LogP contribution in [0.2, 0.25) is 5.02 Å². The Balaban J connectivity index is 1.81. The lowest BCUT2D eigenvalue weighted by Gasteiger charge is -2.33. The van der Waals surface area contributed by atoms with Crippen molar-refractivity contribution in [3.8, 4) is 5.75 Å². The highest BCUT2D eigenvalue weighted by molar-refractivity contribution is 6.30. The van der Waals surface area contributed by atoms with Crippen molar-refractivity contribution in [2.75, 3.05) is 14.2 Å². The van der Waals surface area contributed by atoms with E-state index in [2.05, 4.69) is 0 Å². The van der Waals surface area contributed by atoms with Crippen LogP contribution in [-0.4, -0.2) is 25.0 Å². The van der Waals surface area contributed by atoms with Gasteiger partial charge in [-0.2, -0.15) is 0 Å². The van der Waals surface area contributed by atoms with Gasteiger partial charge in [0, 0.05) is 18.6 Å². The number of amides is 1. The first-order chi connectivity index (χ1) is 12.0. The summed E-state index contributed by atoms with van der Waals surface area (Å²) in [5.41, 5.74) is 1.77. The van der Waals surface area contributed by atoms with E-state index in [1.165, 1.54) is 0 Å². The summed E-state index contributed by atoms with van der Waals surface area (Å²) in [6, 6.07) is 15.6. The van der Waals surface area contributed by atoms with Gasteiger partial charge in [-0.25, -0.2) is 0 Å². The van der Waals surface area contributed by atoms with Crippen LogP contribution in [0.3, 0.4) is 0 Å². The van der Waals surface area contributed by atoms with Gasteiger partial charge >= 0.3 is 0 Å². The minimum absolute atomic E-state index is 0.197. The second-order valence-corrected chi connectivity index (χ2v) is 7.24. The van der Waals surface area contributed by atoms with Gasteiger partial charge in [-0.15, -0.1) is 0 Å². The van der Waals surface area contributed by atoms with Crippen molar-refractivity contribution in [1.82, 2.24) is 4.90 Å². The van der Waals surface area contributed by atoms with Gasteiger partial charge in [-0.05, 0) is 48.2 Å². The SMILES string of the molecule is COc1ccc(CN(C)C(=O)C2(c3ccc(Cl)cc3)CCCC2)cc1. The zero-order chi connectivity index (χ0) is 17.9. The van der Waals surface area contributed by atoms with Gasteiger partial charge < -0.3 is 9.64 Å². The van der Waals surface area contributed by atoms with E-state index < -0.39 is 5.41 Å². The Bertz CT molecular complexity index is 719. The second-order valence-electron chi connectivity index (χ2n) is 6.81. The van der Waals surface area contributed by atoms with Gasteiger partial charge in [0.2, 0.25) is 5.91 Å². The van der Waals surface area contributed by atoms with Crippen molar-refractivity contribution in [3.63, 3.8) is 0 Å². The highest BCUT2D eigenvalue weighted by atomic mass is 35.5. The zero-order valence-corrected chi connectivity index (χ0v) is 15.6. The van der Waals surface area contributed by atoms with Crippen LogP contribution in [0.5, 0.6) is 5.75 Å². The van der Waals surface area contributed by atoms with Gasteiger partial charge in [-0.3, -0.25) is 4.79 Å². The largest absolute Gasteiger partial charge is 0.497 e. The molecule has 1 aliphatic carbocycles. The average Bonchev–Trinajstić information content (AvgIpc) is 3.13. The Morgan fingerprint density at radius 1 is 1.08 bits per heavy atom. The van der Waals surface area contributed by atoms with Crippen molar-refractivity contribution < 1.29 is 9.53 Å². The molecule has 2 aromatic rings. The molecule has 132 valence electrons. The van der Waals surface area contributed by atoms with Crippen LogP contribution in [0.25, 0.3) is 0 Å². The molecule has 0 heterocycles. The maximum atomic E-state index is 13.3. The fourth-order valence-corrected chi connectivity index (χ4v) is 3.94. The van der Waals surface area contributed by atoms with E-state index in [1.807, 2.05) is 60.5 Å². The molecule has 0 atom stereocenters. The van der Waals surface area contributed by atoms with Gasteiger partial charge in [0.05, 0.1) is 12.5 Å². The first-order valence-corrected chi connectivity index (χ1v) is 9.07. The summed E-state index contributed by atoms with van der Waals surface area (Å²) in [5, 5.41) is 0.705. The van der Waals surface area contributed by atoms with Crippen molar-refractivity contribution in [3.05, 3.63) is 64.7 Å². The fourth-order valence-electron chi connectivity index (χ4n) is 3.82. The van der Waals surface area contributed by atoms with Crippen LogP contribution in [0.1, 0.15) is 36.8 Å². The molecule has 1 amide bonds. The Labute approximate surface area is 154 Å². The molecule has 3 rings (SSSR count). The molecule has 0 radical (unpaired) electrons. The van der Waals surface area contributed by atoms with E-state index in [0.29, 0.717) is 11.6 Å². The monoisotopic (exact) mass is 357 g/mol. The summed E-state index contributed by atoms with van der Waals surface area (Å²) in [5.74, 6) is 1.02. The molecule has 1 saturated carbocycles. The van der Waals surface area contributed by atoms with Crippen molar-refractivity contribution in [1.29, 1.82) is 0 Å². The Hall–Kier alpha value is -2.00. The minimum atomic E-state index is -0.411. The molecule has 0 N–H and O–H groups in total. The maximum absolute atomic E-state index is 13.3. The number of nitrogens with zero attached hydrogens (tertiary/aromatic N) is 1. The molecule has 3 nitrogen and oxygen atoms in total. The van der Waals surface area contributed by atoms with E-state index in [4.69, 9.17) is 16.3 Å². The number of likely N-dealkylation sites (N-methyl/N-ethyl adjacent to an activating group) is 1. The van der Waals surface area contributed by atoms with E-state index in [0.717, 1.165) is 42.6 Å². The predicted octanol–water partition coefficient (Wildman–Crippen LogP) is 4.82. The molecule has 1 aliphatic rings. The number of hydrogen-bond donors (Lipinski definition) is 0. The van der Waals surface area contributed by atoms with Gasteiger partial charge in [0.15, 0.2) is 0 Å². The Morgan fingerprint density at radius 3 is 2.24 bits per heavy atom. The topological polar surface area (TPSA) is 29.5 Å². The highest BCUT2D eigenvalue weighted by Crippen LogP contribution is 2.43. The molecule has 0 aliphatic heterocycles. The Morgan fingerprint density at radius 2 is 1.68 bits per heavy atom. The molecule has 0 spiro atoms. The summed E-state index contributed by atoms with van der Waals surface area (Å²) in [6.45, 7) is 0.595. The number of ether oxygens (including phenoxy) is 1. The van der Waals surface area contributed by atoms with Crippen LogP contribution in [0.4, 0.5) is 0 Å². The van der Waals surface area contributed by atoms with Crippen LogP contribution >= 0.6 is 11.6 Å². The first kappa shape index (κ1) is 17.8. The van der Waals surface area contributed by atoms with Crippen LogP contribution in [0.15, 0.2) is 48.5 Å². The zero-order valence-electron chi connectivity index (χ0n) is 14.8. The van der Waals surface area contributed by atoms with Crippen LogP contribution in [0, 0.1) is 0 Å². The first-order valence-electron chi connectivity index (χ1n) is 8.70. The van der Waals surface area contributed by atoms with E-state index in [1.54, 1.807) is 7.11 Å². The molecule has 2 aromatic carbocycles. The summed E-state index contributed by atoms with van der Waals surface area (Å²) >= 11 is 6.03. The fraction of sp³-hybridized carbons (Fsp3) is 0.381. The number of halogens is 1. The lowest BCUT2D eigenvalue weighted by atomic mass is 9.77.